The molecule has 0 spiro atoms. The van der Waals surface area contributed by atoms with E-state index >= 15 is 0 Å². The second kappa shape index (κ2) is 10.6. The molecule has 0 aromatic heterocycles. The summed E-state index contributed by atoms with van der Waals surface area (Å²) in [6, 6.07) is 38.3. The van der Waals surface area contributed by atoms with E-state index in [1.807, 2.05) is 0 Å². The van der Waals surface area contributed by atoms with Crippen molar-refractivity contribution in [2.75, 3.05) is 0 Å². The Hall–Kier alpha value is -2.66. The molecule has 0 bridgehead atoms. The second-order valence-electron chi connectivity index (χ2n) is 6.00. The lowest BCUT2D eigenvalue weighted by Gasteiger charge is -2.18. The summed E-state index contributed by atoms with van der Waals surface area (Å²) in [5, 5.41) is 21.6. The standard InChI is InChI=1S/C18H16P2.C6H6O2/c1-4-10-16(11-5-1)19-20(17-12-6-2-7-13-17)18-14-8-3-9-15-18;7-5-1-2-6(8)4-3-5/h1-15,19H;1-4,7-8H. The second-order valence-corrected chi connectivity index (χ2v) is 10.5. The van der Waals surface area contributed by atoms with E-state index in [9.17, 15) is 0 Å². The van der Waals surface area contributed by atoms with Gasteiger partial charge >= 0.3 is 0 Å². The van der Waals surface area contributed by atoms with Crippen molar-refractivity contribution in [3.8, 4) is 11.5 Å². The average molecular weight is 404 g/mol. The first-order chi connectivity index (χ1) is 13.7. The van der Waals surface area contributed by atoms with Gasteiger partial charge in [-0.3, -0.25) is 0 Å². The Balaban J connectivity index is 0.000000236. The fourth-order valence-electron chi connectivity index (χ4n) is 2.53. The Morgan fingerprint density at radius 1 is 0.464 bits per heavy atom. The summed E-state index contributed by atoms with van der Waals surface area (Å²) in [6.07, 6.45) is 0. The van der Waals surface area contributed by atoms with E-state index in [0.717, 1.165) is 8.27 Å². The lowest BCUT2D eigenvalue weighted by molar-refractivity contribution is 0.460. The van der Waals surface area contributed by atoms with Gasteiger partial charge in [-0.05, 0) is 47.8 Å². The zero-order valence-electron chi connectivity index (χ0n) is 15.3. The van der Waals surface area contributed by atoms with E-state index in [-0.39, 0.29) is 19.1 Å². The number of hydrogen-bond donors (Lipinski definition) is 2. The summed E-state index contributed by atoms with van der Waals surface area (Å²) in [6.45, 7) is 0. The lowest BCUT2D eigenvalue weighted by atomic mass is 10.3. The minimum absolute atomic E-state index is 0.169. The molecule has 0 radical (unpaired) electrons. The summed E-state index contributed by atoms with van der Waals surface area (Å²) in [5.41, 5.74) is 0. The maximum Gasteiger partial charge on any atom is 0.115 e. The summed E-state index contributed by atoms with van der Waals surface area (Å²) >= 11 is 0. The van der Waals surface area contributed by atoms with Crippen LogP contribution in [0.15, 0.2) is 115 Å². The molecule has 140 valence electrons. The van der Waals surface area contributed by atoms with E-state index in [2.05, 4.69) is 91.0 Å². The van der Waals surface area contributed by atoms with Crippen LogP contribution in [0.5, 0.6) is 11.5 Å². The van der Waals surface area contributed by atoms with Gasteiger partial charge in [0, 0.05) is 0 Å². The van der Waals surface area contributed by atoms with Crippen LogP contribution in [-0.4, -0.2) is 10.2 Å². The van der Waals surface area contributed by atoms with Crippen LogP contribution in [0, 0.1) is 0 Å². The van der Waals surface area contributed by atoms with E-state index < -0.39 is 0 Å². The molecule has 0 aliphatic heterocycles. The van der Waals surface area contributed by atoms with E-state index in [0.29, 0.717) is 0 Å². The quantitative estimate of drug-likeness (QED) is 0.365. The maximum atomic E-state index is 8.65. The van der Waals surface area contributed by atoms with Crippen molar-refractivity contribution in [3.05, 3.63) is 115 Å². The molecule has 4 aromatic rings. The number of rotatable bonds is 4. The molecule has 0 amide bonds. The molecule has 0 saturated carbocycles. The summed E-state index contributed by atoms with van der Waals surface area (Å²) in [5.74, 6) is 0.339. The zero-order chi connectivity index (χ0) is 19.6. The highest BCUT2D eigenvalue weighted by molar-refractivity contribution is 8.31. The van der Waals surface area contributed by atoms with Crippen molar-refractivity contribution in [2.24, 2.45) is 0 Å². The highest BCUT2D eigenvalue weighted by atomic mass is 32.0. The Kier molecular flexibility index (Phi) is 7.62. The molecular weight excluding hydrogens is 382 g/mol. The molecule has 2 nitrogen and oxygen atoms in total. The number of hydrogen-bond acceptors (Lipinski definition) is 2. The molecule has 0 aliphatic carbocycles. The molecule has 4 aromatic carbocycles. The SMILES string of the molecule is Oc1ccc(O)cc1.c1ccc(PP(c2ccccc2)c2ccccc2)cc1. The third-order valence-corrected chi connectivity index (χ3v) is 9.33. The van der Waals surface area contributed by atoms with Crippen LogP contribution in [-0.2, 0) is 0 Å². The minimum Gasteiger partial charge on any atom is -0.508 e. The van der Waals surface area contributed by atoms with Crippen LogP contribution in [0.25, 0.3) is 0 Å². The van der Waals surface area contributed by atoms with Crippen molar-refractivity contribution in [1.82, 2.24) is 0 Å². The Bertz CT molecular complexity index is 883. The molecule has 0 aliphatic rings. The summed E-state index contributed by atoms with van der Waals surface area (Å²) in [4.78, 5) is 0. The molecule has 4 rings (SSSR count). The molecule has 1 atom stereocenters. The van der Waals surface area contributed by atoms with Crippen molar-refractivity contribution < 1.29 is 10.2 Å². The monoisotopic (exact) mass is 404 g/mol. The fraction of sp³-hybridized carbons (Fsp3) is 0. The van der Waals surface area contributed by atoms with Gasteiger partial charge in [-0.1, -0.05) is 99.3 Å². The van der Waals surface area contributed by atoms with E-state index in [4.69, 9.17) is 10.2 Å². The van der Waals surface area contributed by atoms with Gasteiger partial charge < -0.3 is 10.2 Å². The van der Waals surface area contributed by atoms with Crippen LogP contribution < -0.4 is 15.9 Å². The van der Waals surface area contributed by atoms with Gasteiger partial charge in [0.2, 0.25) is 0 Å². The first kappa shape index (κ1) is 20.1. The molecule has 1 unspecified atom stereocenters. The predicted octanol–water partition coefficient (Wildman–Crippen LogP) is 5.14. The first-order valence-electron chi connectivity index (χ1n) is 8.92. The van der Waals surface area contributed by atoms with Gasteiger partial charge in [-0.2, -0.15) is 0 Å². The van der Waals surface area contributed by atoms with Gasteiger partial charge in [0.1, 0.15) is 11.5 Å². The normalized spacial score (nSPS) is 10.6. The molecule has 4 heteroatoms. The van der Waals surface area contributed by atoms with Crippen LogP contribution in [0.2, 0.25) is 0 Å². The summed E-state index contributed by atoms with van der Waals surface area (Å²) < 4.78 is 0. The highest BCUT2D eigenvalue weighted by Crippen LogP contribution is 2.52. The number of phenols is 2. The van der Waals surface area contributed by atoms with E-state index in [1.165, 1.54) is 40.2 Å². The van der Waals surface area contributed by atoms with Crippen molar-refractivity contribution in [1.29, 1.82) is 0 Å². The molecular formula is C24H22O2P2. The lowest BCUT2D eigenvalue weighted by Crippen LogP contribution is -2.10. The average Bonchev–Trinajstić information content (AvgIpc) is 2.76. The van der Waals surface area contributed by atoms with Gasteiger partial charge in [-0.15, -0.1) is 0 Å². The molecule has 0 saturated heterocycles. The maximum absolute atomic E-state index is 8.65. The first-order valence-corrected chi connectivity index (χ1v) is 12.1. The van der Waals surface area contributed by atoms with Crippen molar-refractivity contribution in [3.63, 3.8) is 0 Å². The predicted molar refractivity (Wildman–Crippen MR) is 123 cm³/mol. The topological polar surface area (TPSA) is 40.5 Å². The molecule has 0 heterocycles. The van der Waals surface area contributed by atoms with Crippen LogP contribution in [0.4, 0.5) is 0 Å². The van der Waals surface area contributed by atoms with Gasteiger partial charge in [0.15, 0.2) is 0 Å². The fourth-order valence-corrected chi connectivity index (χ4v) is 7.51. The van der Waals surface area contributed by atoms with Crippen molar-refractivity contribution in [2.45, 2.75) is 0 Å². The minimum atomic E-state index is -0.299. The zero-order valence-corrected chi connectivity index (χ0v) is 17.2. The Morgan fingerprint density at radius 2 is 0.821 bits per heavy atom. The molecule has 28 heavy (non-hydrogen) atoms. The number of benzene rings is 4. The van der Waals surface area contributed by atoms with E-state index in [1.54, 1.807) is 0 Å². The smallest absolute Gasteiger partial charge is 0.115 e. The van der Waals surface area contributed by atoms with Crippen molar-refractivity contribution >= 4 is 31.8 Å². The van der Waals surface area contributed by atoms with Gasteiger partial charge in [-0.25, -0.2) is 0 Å². The molecule has 2 N–H and O–H groups in total. The van der Waals surface area contributed by atoms with Crippen LogP contribution >= 0.6 is 15.9 Å². The number of phenolic OH excluding ortho intramolecular Hbond substituents is 2. The Morgan fingerprint density at radius 3 is 1.21 bits per heavy atom. The van der Waals surface area contributed by atoms with Gasteiger partial charge in [0.25, 0.3) is 0 Å². The third kappa shape index (κ3) is 6.20. The summed E-state index contributed by atoms with van der Waals surface area (Å²) in [7, 11) is 0.516. The Labute approximate surface area is 169 Å². The van der Waals surface area contributed by atoms with Gasteiger partial charge in [0.05, 0.1) is 0 Å². The van der Waals surface area contributed by atoms with Crippen LogP contribution in [0.3, 0.4) is 0 Å². The van der Waals surface area contributed by atoms with Crippen LogP contribution in [0.1, 0.15) is 0 Å². The largest absolute Gasteiger partial charge is 0.508 e. The third-order valence-electron chi connectivity index (χ3n) is 3.89. The molecule has 0 fully saturated rings. The highest BCUT2D eigenvalue weighted by Gasteiger charge is 2.13. The number of aromatic hydroxyl groups is 2.